The van der Waals surface area contributed by atoms with E-state index in [0.717, 1.165) is 51.5 Å². The number of aryl methyl sites for hydroxylation is 1. The molecule has 0 bridgehead atoms. The molecule has 0 aliphatic carbocycles. The fraction of sp³-hybridized carbons (Fsp3) is 0.435. The molecule has 1 aromatic carbocycles. The number of nitrogens with one attached hydrogen (secondary N) is 2. The summed E-state index contributed by atoms with van der Waals surface area (Å²) in [6.45, 7) is 6.42. The van der Waals surface area contributed by atoms with Crippen molar-refractivity contribution in [1.82, 2.24) is 24.4 Å². The van der Waals surface area contributed by atoms with Crippen molar-refractivity contribution in [2.45, 2.75) is 26.3 Å². The fourth-order valence-electron chi connectivity index (χ4n) is 3.86. The summed E-state index contributed by atoms with van der Waals surface area (Å²) in [7, 11) is 1.75. The van der Waals surface area contributed by atoms with Gasteiger partial charge in [0, 0.05) is 39.8 Å². The van der Waals surface area contributed by atoms with Crippen LogP contribution in [-0.4, -0.2) is 51.8 Å². The number of fused-ring (bicyclic) bond motifs is 1. The number of hydrogen-bond donors (Lipinski definition) is 2. The van der Waals surface area contributed by atoms with Gasteiger partial charge >= 0.3 is 0 Å². The van der Waals surface area contributed by atoms with Crippen molar-refractivity contribution in [2.24, 2.45) is 7.05 Å². The predicted octanol–water partition coefficient (Wildman–Crippen LogP) is 1.61. The van der Waals surface area contributed by atoms with Gasteiger partial charge < -0.3 is 15.5 Å². The van der Waals surface area contributed by atoms with Gasteiger partial charge in [-0.15, -0.1) is 5.92 Å². The third-order valence-corrected chi connectivity index (χ3v) is 5.55. The SMILES string of the molecule is CC#CCn1c(N2CCNCC2)nc2nc(NCCCc3ccccc3)n(C)c(=O)c21. The lowest BCUT2D eigenvalue weighted by atomic mass is 10.1. The predicted molar refractivity (Wildman–Crippen MR) is 125 cm³/mol. The number of anilines is 2. The molecule has 162 valence electrons. The second-order valence-electron chi connectivity index (χ2n) is 7.65. The zero-order valence-corrected chi connectivity index (χ0v) is 18.2. The number of benzene rings is 1. The van der Waals surface area contributed by atoms with E-state index in [-0.39, 0.29) is 5.56 Å². The van der Waals surface area contributed by atoms with E-state index in [1.165, 1.54) is 5.56 Å². The lowest BCUT2D eigenvalue weighted by Crippen LogP contribution is -2.44. The maximum Gasteiger partial charge on any atom is 0.281 e. The lowest BCUT2D eigenvalue weighted by Gasteiger charge is -2.28. The van der Waals surface area contributed by atoms with E-state index in [1.807, 2.05) is 10.6 Å². The molecule has 2 aromatic heterocycles. The second kappa shape index (κ2) is 9.67. The Bertz CT molecular complexity index is 1150. The van der Waals surface area contributed by atoms with Crippen LogP contribution in [0.25, 0.3) is 11.2 Å². The van der Waals surface area contributed by atoms with Gasteiger partial charge in [-0.25, -0.2) is 0 Å². The van der Waals surface area contributed by atoms with Crippen LogP contribution in [0.4, 0.5) is 11.9 Å². The lowest BCUT2D eigenvalue weighted by molar-refractivity contribution is 0.573. The maximum absolute atomic E-state index is 13.2. The van der Waals surface area contributed by atoms with Crippen molar-refractivity contribution in [1.29, 1.82) is 0 Å². The normalized spacial score (nSPS) is 13.8. The Kier molecular flexibility index (Phi) is 6.53. The molecule has 8 nitrogen and oxygen atoms in total. The number of aromatic nitrogens is 4. The van der Waals surface area contributed by atoms with Crippen LogP contribution in [0.15, 0.2) is 35.1 Å². The first-order valence-corrected chi connectivity index (χ1v) is 10.8. The molecule has 0 spiro atoms. The topological polar surface area (TPSA) is 80.0 Å². The van der Waals surface area contributed by atoms with Gasteiger partial charge in [0.05, 0.1) is 6.54 Å². The van der Waals surface area contributed by atoms with E-state index < -0.39 is 0 Å². The van der Waals surface area contributed by atoms with E-state index in [0.29, 0.717) is 23.7 Å². The summed E-state index contributed by atoms with van der Waals surface area (Å²) in [6.07, 6.45) is 1.92. The highest BCUT2D eigenvalue weighted by atomic mass is 16.1. The van der Waals surface area contributed by atoms with Gasteiger partial charge in [-0.2, -0.15) is 9.97 Å². The van der Waals surface area contributed by atoms with Crippen LogP contribution < -0.4 is 21.1 Å². The third-order valence-electron chi connectivity index (χ3n) is 5.55. The molecule has 1 aliphatic rings. The molecule has 0 saturated carbocycles. The van der Waals surface area contributed by atoms with Gasteiger partial charge in [0.15, 0.2) is 11.2 Å². The van der Waals surface area contributed by atoms with Gasteiger partial charge in [-0.05, 0) is 25.3 Å². The quantitative estimate of drug-likeness (QED) is 0.447. The first-order chi connectivity index (χ1) is 15.2. The van der Waals surface area contributed by atoms with Gasteiger partial charge in [-0.3, -0.25) is 13.9 Å². The maximum atomic E-state index is 13.2. The fourth-order valence-corrected chi connectivity index (χ4v) is 3.86. The molecule has 1 aliphatic heterocycles. The van der Waals surface area contributed by atoms with Crippen molar-refractivity contribution >= 4 is 23.1 Å². The van der Waals surface area contributed by atoms with Crippen LogP contribution >= 0.6 is 0 Å². The second-order valence-corrected chi connectivity index (χ2v) is 7.65. The molecular weight excluding hydrogens is 390 g/mol. The highest BCUT2D eigenvalue weighted by Gasteiger charge is 2.22. The third kappa shape index (κ3) is 4.57. The van der Waals surface area contributed by atoms with Crippen LogP contribution in [0.5, 0.6) is 0 Å². The van der Waals surface area contributed by atoms with Crippen LogP contribution in [0.2, 0.25) is 0 Å². The summed E-state index contributed by atoms with van der Waals surface area (Å²) in [5.74, 6) is 7.32. The molecule has 8 heteroatoms. The highest BCUT2D eigenvalue weighted by molar-refractivity contribution is 5.75. The minimum atomic E-state index is -0.109. The first kappa shape index (κ1) is 20.9. The largest absolute Gasteiger partial charge is 0.356 e. The van der Waals surface area contributed by atoms with Crippen LogP contribution in [-0.2, 0) is 20.0 Å². The van der Waals surface area contributed by atoms with Crippen molar-refractivity contribution in [3.63, 3.8) is 0 Å². The van der Waals surface area contributed by atoms with Crippen molar-refractivity contribution in [2.75, 3.05) is 42.9 Å². The summed E-state index contributed by atoms with van der Waals surface area (Å²) in [6, 6.07) is 10.4. The number of rotatable bonds is 7. The smallest absolute Gasteiger partial charge is 0.281 e. The molecule has 0 atom stereocenters. The highest BCUT2D eigenvalue weighted by Crippen LogP contribution is 2.21. The minimum absolute atomic E-state index is 0.109. The minimum Gasteiger partial charge on any atom is -0.356 e. The van der Waals surface area contributed by atoms with Crippen LogP contribution in [0, 0.1) is 11.8 Å². The number of hydrogen-bond acceptors (Lipinski definition) is 6. The van der Waals surface area contributed by atoms with E-state index in [2.05, 4.69) is 51.6 Å². The van der Waals surface area contributed by atoms with Gasteiger partial charge in [0.25, 0.3) is 5.56 Å². The van der Waals surface area contributed by atoms with Crippen molar-refractivity contribution in [3.05, 3.63) is 46.2 Å². The molecule has 3 aromatic rings. The molecular formula is C23H29N7O. The average molecular weight is 420 g/mol. The van der Waals surface area contributed by atoms with Gasteiger partial charge in [0.2, 0.25) is 11.9 Å². The molecule has 0 amide bonds. The van der Waals surface area contributed by atoms with E-state index >= 15 is 0 Å². The summed E-state index contributed by atoms with van der Waals surface area (Å²) in [4.78, 5) is 24.9. The Hall–Kier alpha value is -3.31. The van der Waals surface area contributed by atoms with Gasteiger partial charge in [-0.1, -0.05) is 36.3 Å². The molecule has 0 radical (unpaired) electrons. The monoisotopic (exact) mass is 419 g/mol. The number of piperazine rings is 1. The number of imidazole rings is 1. The molecule has 1 fully saturated rings. The Balaban J connectivity index is 1.60. The van der Waals surface area contributed by atoms with E-state index in [4.69, 9.17) is 9.97 Å². The summed E-state index contributed by atoms with van der Waals surface area (Å²) >= 11 is 0. The van der Waals surface area contributed by atoms with E-state index in [9.17, 15) is 4.79 Å². The molecule has 0 unspecified atom stereocenters. The van der Waals surface area contributed by atoms with Crippen molar-refractivity contribution in [3.8, 4) is 11.8 Å². The summed E-state index contributed by atoms with van der Waals surface area (Å²) < 4.78 is 3.48. The molecule has 1 saturated heterocycles. The molecule has 4 rings (SSSR count). The summed E-state index contributed by atoms with van der Waals surface area (Å²) in [5.41, 5.74) is 2.18. The zero-order valence-electron chi connectivity index (χ0n) is 18.2. The first-order valence-electron chi connectivity index (χ1n) is 10.8. The Morgan fingerprint density at radius 3 is 2.68 bits per heavy atom. The van der Waals surface area contributed by atoms with E-state index in [1.54, 1.807) is 18.5 Å². The average Bonchev–Trinajstić information content (AvgIpc) is 3.18. The van der Waals surface area contributed by atoms with Gasteiger partial charge in [0.1, 0.15) is 0 Å². The molecule has 2 N–H and O–H groups in total. The van der Waals surface area contributed by atoms with Crippen LogP contribution in [0.3, 0.4) is 0 Å². The van der Waals surface area contributed by atoms with Crippen molar-refractivity contribution < 1.29 is 0 Å². The Morgan fingerprint density at radius 1 is 1.16 bits per heavy atom. The zero-order chi connectivity index (χ0) is 21.6. The molecule has 3 heterocycles. The Labute approximate surface area is 182 Å². The Morgan fingerprint density at radius 2 is 1.94 bits per heavy atom. The molecule has 31 heavy (non-hydrogen) atoms. The number of nitrogens with zero attached hydrogens (tertiary/aromatic N) is 5. The standard InChI is InChI=1S/C23H29N7O/c1-3-4-15-30-19-20(27-23(30)29-16-13-24-14-17-29)26-22(28(2)21(19)31)25-12-8-11-18-9-6-5-7-10-18/h5-7,9-10,24H,8,11-17H2,1-2H3,(H,25,26). The summed E-state index contributed by atoms with van der Waals surface area (Å²) in [5, 5.41) is 6.67. The van der Waals surface area contributed by atoms with Crippen LogP contribution in [0.1, 0.15) is 18.9 Å².